The normalized spacial score (nSPS) is 19.2. The first-order valence-electron chi connectivity index (χ1n) is 7.30. The summed E-state index contributed by atoms with van der Waals surface area (Å²) >= 11 is 0. The van der Waals surface area contributed by atoms with Crippen LogP contribution in [0.1, 0.15) is 18.4 Å². The van der Waals surface area contributed by atoms with Gasteiger partial charge in [0, 0.05) is 13.1 Å². The topological polar surface area (TPSA) is 59.0 Å². The van der Waals surface area contributed by atoms with E-state index >= 15 is 0 Å². The maximum absolute atomic E-state index is 11.1. The van der Waals surface area contributed by atoms with Gasteiger partial charge < -0.3 is 19.5 Å². The molecule has 0 aromatic heterocycles. The summed E-state index contributed by atoms with van der Waals surface area (Å²) in [6.45, 7) is 2.51. The maximum Gasteiger partial charge on any atom is 0.307 e. The van der Waals surface area contributed by atoms with Gasteiger partial charge in [0.05, 0.1) is 20.1 Å². The Bertz CT molecular complexity index is 489. The number of ether oxygens (including phenoxy) is 2. The predicted octanol–water partition coefficient (Wildman–Crippen LogP) is 2.04. The number of hydrogen-bond donors (Lipinski definition) is 1. The average Bonchev–Trinajstić information content (AvgIpc) is 2.52. The highest BCUT2D eigenvalue weighted by Crippen LogP contribution is 2.28. The van der Waals surface area contributed by atoms with E-state index in [1.54, 1.807) is 14.2 Å². The maximum atomic E-state index is 11.1. The lowest BCUT2D eigenvalue weighted by molar-refractivity contribution is -0.143. The van der Waals surface area contributed by atoms with Crippen molar-refractivity contribution in [1.29, 1.82) is 0 Å². The van der Waals surface area contributed by atoms with Crippen molar-refractivity contribution in [1.82, 2.24) is 4.90 Å². The molecule has 1 fully saturated rings. The van der Waals surface area contributed by atoms with E-state index in [9.17, 15) is 4.79 Å². The third kappa shape index (κ3) is 4.11. The largest absolute Gasteiger partial charge is 0.493 e. The van der Waals surface area contributed by atoms with Crippen molar-refractivity contribution in [3.05, 3.63) is 23.8 Å². The molecular formula is C16H23NO4. The number of likely N-dealkylation sites (tertiary alicyclic amines) is 1. The minimum absolute atomic E-state index is 0.218. The minimum atomic E-state index is -0.675. The molecule has 5 heteroatoms. The van der Waals surface area contributed by atoms with Crippen LogP contribution >= 0.6 is 0 Å². The lowest BCUT2D eigenvalue weighted by atomic mass is 9.98. The monoisotopic (exact) mass is 293 g/mol. The molecule has 2 rings (SSSR count). The van der Waals surface area contributed by atoms with Crippen molar-refractivity contribution in [2.24, 2.45) is 5.92 Å². The molecule has 21 heavy (non-hydrogen) atoms. The van der Waals surface area contributed by atoms with Crippen LogP contribution in [0.15, 0.2) is 18.2 Å². The summed E-state index contributed by atoms with van der Waals surface area (Å²) in [5, 5.41) is 9.11. The van der Waals surface area contributed by atoms with Gasteiger partial charge in [-0.2, -0.15) is 0 Å². The molecule has 1 unspecified atom stereocenters. The van der Waals surface area contributed by atoms with Gasteiger partial charge in [-0.05, 0) is 43.5 Å². The summed E-state index contributed by atoms with van der Waals surface area (Å²) in [6, 6.07) is 5.92. The number of nitrogens with zero attached hydrogens (tertiary/aromatic N) is 1. The molecule has 116 valence electrons. The molecule has 0 aliphatic carbocycles. The standard InChI is InChI=1S/C16H23NO4/c1-20-14-6-5-12(10-15(14)21-2)7-9-17-8-3-4-13(11-17)16(18)19/h5-6,10,13H,3-4,7-9,11H2,1-2H3,(H,18,19). The molecule has 1 aromatic carbocycles. The Kier molecular flexibility index (Phi) is 5.44. The third-order valence-electron chi connectivity index (χ3n) is 4.02. The summed E-state index contributed by atoms with van der Waals surface area (Å²) < 4.78 is 10.5. The lowest BCUT2D eigenvalue weighted by Crippen LogP contribution is -2.39. The first-order valence-corrected chi connectivity index (χ1v) is 7.30. The molecule has 0 bridgehead atoms. The highest BCUT2D eigenvalue weighted by atomic mass is 16.5. The number of hydrogen-bond acceptors (Lipinski definition) is 4. The molecule has 0 saturated carbocycles. The van der Waals surface area contributed by atoms with Gasteiger partial charge in [0.1, 0.15) is 0 Å². The number of carbonyl (C=O) groups is 1. The van der Waals surface area contributed by atoms with Crippen molar-refractivity contribution in [2.45, 2.75) is 19.3 Å². The smallest absolute Gasteiger partial charge is 0.307 e. The van der Waals surface area contributed by atoms with E-state index in [-0.39, 0.29) is 5.92 Å². The van der Waals surface area contributed by atoms with Crippen molar-refractivity contribution in [3.63, 3.8) is 0 Å². The number of piperidine rings is 1. The molecule has 1 N–H and O–H groups in total. The molecule has 0 amide bonds. The Morgan fingerprint density at radius 1 is 1.33 bits per heavy atom. The number of aliphatic carboxylic acids is 1. The highest BCUT2D eigenvalue weighted by molar-refractivity contribution is 5.70. The third-order valence-corrected chi connectivity index (χ3v) is 4.02. The molecule has 1 saturated heterocycles. The zero-order chi connectivity index (χ0) is 15.2. The van der Waals surface area contributed by atoms with Crippen LogP contribution in [-0.2, 0) is 11.2 Å². The van der Waals surface area contributed by atoms with E-state index in [0.29, 0.717) is 6.54 Å². The van der Waals surface area contributed by atoms with Crippen molar-refractivity contribution < 1.29 is 19.4 Å². The summed E-state index contributed by atoms with van der Waals surface area (Å²) in [5.41, 5.74) is 1.17. The van der Waals surface area contributed by atoms with E-state index in [1.165, 1.54) is 5.56 Å². The Morgan fingerprint density at radius 2 is 2.10 bits per heavy atom. The molecule has 1 atom stereocenters. The van der Waals surface area contributed by atoms with Gasteiger partial charge in [-0.3, -0.25) is 4.79 Å². The zero-order valence-corrected chi connectivity index (χ0v) is 12.7. The van der Waals surface area contributed by atoms with E-state index in [2.05, 4.69) is 4.90 Å². The second-order valence-corrected chi connectivity index (χ2v) is 5.42. The molecule has 1 aliphatic rings. The lowest BCUT2D eigenvalue weighted by Gasteiger charge is -2.30. The van der Waals surface area contributed by atoms with Gasteiger partial charge in [0.2, 0.25) is 0 Å². The van der Waals surface area contributed by atoms with E-state index in [1.807, 2.05) is 18.2 Å². The van der Waals surface area contributed by atoms with Gasteiger partial charge in [-0.25, -0.2) is 0 Å². The van der Waals surface area contributed by atoms with Crippen molar-refractivity contribution in [3.8, 4) is 11.5 Å². The average molecular weight is 293 g/mol. The van der Waals surface area contributed by atoms with Gasteiger partial charge in [0.15, 0.2) is 11.5 Å². The van der Waals surface area contributed by atoms with Crippen LogP contribution in [-0.4, -0.2) is 49.8 Å². The first-order chi connectivity index (χ1) is 10.1. The zero-order valence-electron chi connectivity index (χ0n) is 12.7. The van der Waals surface area contributed by atoms with Crippen LogP contribution < -0.4 is 9.47 Å². The van der Waals surface area contributed by atoms with Crippen LogP contribution in [0.2, 0.25) is 0 Å². The Hall–Kier alpha value is -1.75. The van der Waals surface area contributed by atoms with Crippen LogP contribution in [0.3, 0.4) is 0 Å². The number of methoxy groups -OCH3 is 2. The number of benzene rings is 1. The molecule has 5 nitrogen and oxygen atoms in total. The molecule has 1 aromatic rings. The van der Waals surface area contributed by atoms with Gasteiger partial charge in [-0.15, -0.1) is 0 Å². The fourth-order valence-electron chi connectivity index (χ4n) is 2.78. The number of carboxylic acids is 1. The first kappa shape index (κ1) is 15.6. The fourth-order valence-corrected chi connectivity index (χ4v) is 2.78. The second kappa shape index (κ2) is 7.31. The van der Waals surface area contributed by atoms with Crippen LogP contribution in [0, 0.1) is 5.92 Å². The quantitative estimate of drug-likeness (QED) is 0.870. The summed E-state index contributed by atoms with van der Waals surface area (Å²) in [7, 11) is 3.25. The fraction of sp³-hybridized carbons (Fsp3) is 0.562. The van der Waals surface area contributed by atoms with Crippen LogP contribution in [0.25, 0.3) is 0 Å². The van der Waals surface area contributed by atoms with Gasteiger partial charge in [0.25, 0.3) is 0 Å². The molecule has 0 spiro atoms. The van der Waals surface area contributed by atoms with E-state index in [0.717, 1.165) is 43.9 Å². The van der Waals surface area contributed by atoms with Gasteiger partial charge >= 0.3 is 5.97 Å². The molecule has 1 heterocycles. The summed E-state index contributed by atoms with van der Waals surface area (Å²) in [6.07, 6.45) is 2.64. The molecular weight excluding hydrogens is 270 g/mol. The van der Waals surface area contributed by atoms with Crippen LogP contribution in [0.5, 0.6) is 11.5 Å². The Balaban J connectivity index is 1.92. The van der Waals surface area contributed by atoms with E-state index in [4.69, 9.17) is 14.6 Å². The Morgan fingerprint density at radius 3 is 2.76 bits per heavy atom. The summed E-state index contributed by atoms with van der Waals surface area (Å²) in [5.74, 6) is 0.567. The van der Waals surface area contributed by atoms with Crippen molar-refractivity contribution >= 4 is 5.97 Å². The van der Waals surface area contributed by atoms with Crippen molar-refractivity contribution in [2.75, 3.05) is 33.9 Å². The summed E-state index contributed by atoms with van der Waals surface area (Å²) in [4.78, 5) is 13.3. The SMILES string of the molecule is COc1ccc(CCN2CCCC(C(=O)O)C2)cc1OC. The predicted molar refractivity (Wildman–Crippen MR) is 80.0 cm³/mol. The van der Waals surface area contributed by atoms with Gasteiger partial charge in [-0.1, -0.05) is 6.07 Å². The van der Waals surface area contributed by atoms with E-state index < -0.39 is 5.97 Å². The molecule has 0 radical (unpaired) electrons. The second-order valence-electron chi connectivity index (χ2n) is 5.42. The number of carboxylic acid groups (broad SMARTS) is 1. The Labute approximate surface area is 125 Å². The van der Waals surface area contributed by atoms with Crippen LogP contribution in [0.4, 0.5) is 0 Å². The number of rotatable bonds is 6. The molecule has 1 aliphatic heterocycles. The highest BCUT2D eigenvalue weighted by Gasteiger charge is 2.24. The minimum Gasteiger partial charge on any atom is -0.493 e.